The number of esters is 1. The van der Waals surface area contributed by atoms with Gasteiger partial charge in [-0.05, 0) is 13.0 Å². The number of hydrogen-bond donors (Lipinski definition) is 0. The van der Waals surface area contributed by atoms with E-state index in [2.05, 4.69) is 9.72 Å². The van der Waals surface area contributed by atoms with E-state index in [-0.39, 0.29) is 23.3 Å². The zero-order valence-corrected chi connectivity index (χ0v) is 15.2. The molecule has 0 atom stereocenters. The summed E-state index contributed by atoms with van der Waals surface area (Å²) in [6.07, 6.45) is -1.33. The van der Waals surface area contributed by atoms with Crippen LogP contribution in [0.2, 0.25) is 0 Å². The van der Waals surface area contributed by atoms with E-state index in [1.807, 2.05) is 0 Å². The average Bonchev–Trinajstić information content (AvgIpc) is 2.90. The van der Waals surface area contributed by atoms with Crippen LogP contribution in [0.3, 0.4) is 0 Å². The van der Waals surface area contributed by atoms with Crippen molar-refractivity contribution >= 4 is 63.6 Å². The Bertz CT molecular complexity index is 863. The molecule has 26 heavy (non-hydrogen) atoms. The molecule has 0 aliphatic carbocycles. The van der Waals surface area contributed by atoms with Crippen LogP contribution in [0.15, 0.2) is 18.2 Å². The van der Waals surface area contributed by atoms with E-state index >= 15 is 0 Å². The molecule has 0 spiro atoms. The first kappa shape index (κ1) is 20.0. The maximum Gasteiger partial charge on any atom is 0.533 e. The third-order valence-corrected chi connectivity index (χ3v) is 3.11. The number of fused-ring (bicyclic) bond motifs is 1. The summed E-state index contributed by atoms with van der Waals surface area (Å²) < 4.78 is 8.21. The van der Waals surface area contributed by atoms with Gasteiger partial charge in [0.25, 0.3) is 11.5 Å². The van der Waals surface area contributed by atoms with Crippen molar-refractivity contribution in [2.45, 2.75) is 10.7 Å². The van der Waals surface area contributed by atoms with Gasteiger partial charge in [0.05, 0.1) is 17.0 Å². The normalized spacial score (nSPS) is 11.2. The molecule has 2 aromatic rings. The van der Waals surface area contributed by atoms with E-state index in [1.54, 1.807) is 6.92 Å². The number of imidazole rings is 1. The van der Waals surface area contributed by atoms with Gasteiger partial charge >= 0.3 is 12.1 Å². The first-order valence-corrected chi connectivity index (χ1v) is 8.01. The Morgan fingerprint density at radius 3 is 2.58 bits per heavy atom. The van der Waals surface area contributed by atoms with Crippen molar-refractivity contribution in [1.82, 2.24) is 9.71 Å². The van der Waals surface area contributed by atoms with Crippen molar-refractivity contribution in [3.05, 3.63) is 34.1 Å². The lowest BCUT2D eigenvalue weighted by atomic mass is 10.3. The van der Waals surface area contributed by atoms with E-state index < -0.39 is 33.3 Å². The maximum atomic E-state index is 12.0. The topological polar surface area (TPSA) is 123 Å². The second-order valence-corrected chi connectivity index (χ2v) is 7.14. The molecule has 0 radical (unpaired) electrons. The van der Waals surface area contributed by atoms with Crippen molar-refractivity contribution in [3.63, 3.8) is 0 Å². The Labute approximate surface area is 160 Å². The minimum Gasteiger partial charge on any atom is -0.460 e. The average molecular weight is 427 g/mol. The second-order valence-electron chi connectivity index (χ2n) is 4.63. The summed E-state index contributed by atoms with van der Waals surface area (Å²) in [5, 5.41) is 10.9. The molecule has 0 N–H and O–H groups in total. The van der Waals surface area contributed by atoms with Crippen LogP contribution in [0.1, 0.15) is 17.5 Å². The minimum absolute atomic E-state index is 0.0277. The Hall–Kier alpha value is -2.30. The molecule has 140 valence electrons. The molecule has 10 nitrogen and oxygen atoms in total. The molecule has 0 saturated heterocycles. The number of halogens is 3. The zero-order chi connectivity index (χ0) is 19.5. The van der Waals surface area contributed by atoms with Crippen molar-refractivity contribution in [2.24, 2.45) is 0 Å². The minimum atomic E-state index is -1.88. The number of carbonyl (C=O) groups excluding carboxylic acids is 2. The second kappa shape index (κ2) is 7.94. The van der Waals surface area contributed by atoms with Gasteiger partial charge in [-0.3, -0.25) is 15.0 Å². The predicted molar refractivity (Wildman–Crippen MR) is 90.6 cm³/mol. The van der Waals surface area contributed by atoms with Gasteiger partial charge in [-0.15, -0.1) is 4.73 Å². The fourth-order valence-corrected chi connectivity index (χ4v) is 1.98. The highest BCUT2D eigenvalue weighted by Gasteiger charge is 2.27. The molecule has 2 rings (SSSR count). The first-order chi connectivity index (χ1) is 12.1. The largest absolute Gasteiger partial charge is 0.533 e. The monoisotopic (exact) mass is 425 g/mol. The van der Waals surface area contributed by atoms with Crippen molar-refractivity contribution in [2.75, 3.05) is 13.2 Å². The lowest BCUT2D eigenvalue weighted by Crippen LogP contribution is -2.27. The number of carbonyl (C=O) groups is 2. The summed E-state index contributed by atoms with van der Waals surface area (Å²) in [5.41, 5.74) is -0.201. The predicted octanol–water partition coefficient (Wildman–Crippen LogP) is 3.06. The lowest BCUT2D eigenvalue weighted by Gasteiger charge is -2.12. The van der Waals surface area contributed by atoms with Crippen LogP contribution >= 0.6 is 34.8 Å². The summed E-state index contributed by atoms with van der Waals surface area (Å²) in [7, 11) is 0. The number of nitrogens with zero attached hydrogens (tertiary/aromatic N) is 3. The SMILES string of the molecule is CCOC(=O)c1nc2ccc([N+](=O)[O-])cc2n1OC(=O)OCC(Cl)(Cl)Cl. The van der Waals surface area contributed by atoms with Gasteiger partial charge in [-0.25, -0.2) is 14.6 Å². The van der Waals surface area contributed by atoms with Gasteiger partial charge in [0, 0.05) is 12.1 Å². The number of nitro benzene ring substituents is 1. The molecule has 0 bridgehead atoms. The molecular formula is C13H10Cl3N3O7. The summed E-state index contributed by atoms with van der Waals surface area (Å²) in [5.74, 6) is -1.34. The van der Waals surface area contributed by atoms with Gasteiger partial charge < -0.3 is 9.47 Å². The van der Waals surface area contributed by atoms with Crippen LogP contribution in [0, 0.1) is 10.1 Å². The van der Waals surface area contributed by atoms with Gasteiger partial charge in [0.15, 0.2) is 0 Å². The van der Waals surface area contributed by atoms with E-state index in [0.717, 1.165) is 6.07 Å². The number of nitro groups is 1. The van der Waals surface area contributed by atoms with Crippen molar-refractivity contribution < 1.29 is 28.8 Å². The molecule has 13 heteroatoms. The molecule has 0 fully saturated rings. The molecule has 1 aromatic heterocycles. The molecule has 1 aromatic carbocycles. The quantitative estimate of drug-likeness (QED) is 0.309. The van der Waals surface area contributed by atoms with E-state index in [0.29, 0.717) is 4.73 Å². The molecule has 0 unspecified atom stereocenters. The highest BCUT2D eigenvalue weighted by molar-refractivity contribution is 6.67. The molecule has 1 heterocycles. The van der Waals surface area contributed by atoms with Crippen LogP contribution in [0.5, 0.6) is 0 Å². The van der Waals surface area contributed by atoms with Crippen LogP contribution in [-0.2, 0) is 9.47 Å². The molecule has 0 aliphatic heterocycles. The van der Waals surface area contributed by atoms with Gasteiger partial charge in [0.2, 0.25) is 3.79 Å². The van der Waals surface area contributed by atoms with E-state index in [4.69, 9.17) is 44.4 Å². The van der Waals surface area contributed by atoms with Gasteiger partial charge in [-0.2, -0.15) is 0 Å². The third kappa shape index (κ3) is 4.87. The molecular weight excluding hydrogens is 417 g/mol. The molecule has 0 aliphatic rings. The summed E-state index contributed by atoms with van der Waals surface area (Å²) >= 11 is 16.4. The van der Waals surface area contributed by atoms with Crippen LogP contribution in [0.25, 0.3) is 11.0 Å². The molecule has 0 saturated carbocycles. The summed E-state index contributed by atoms with van der Waals surface area (Å²) in [4.78, 5) is 42.9. The lowest BCUT2D eigenvalue weighted by molar-refractivity contribution is -0.384. The zero-order valence-electron chi connectivity index (χ0n) is 13.0. The number of rotatable bonds is 5. The number of ether oxygens (including phenoxy) is 2. The van der Waals surface area contributed by atoms with Crippen LogP contribution < -0.4 is 4.84 Å². The summed E-state index contributed by atoms with van der Waals surface area (Å²) in [6.45, 7) is 0.962. The fraction of sp³-hybridized carbons (Fsp3) is 0.308. The van der Waals surface area contributed by atoms with Gasteiger partial charge in [0.1, 0.15) is 12.1 Å². The van der Waals surface area contributed by atoms with Crippen LogP contribution in [0.4, 0.5) is 10.5 Å². The van der Waals surface area contributed by atoms with Crippen LogP contribution in [-0.4, -0.2) is 43.8 Å². The number of benzene rings is 1. The van der Waals surface area contributed by atoms with E-state index in [1.165, 1.54) is 12.1 Å². The highest BCUT2D eigenvalue weighted by Crippen LogP contribution is 2.26. The standard InChI is InChI=1S/C13H10Cl3N3O7/c1-2-24-11(20)10-17-8-4-3-7(19(22)23)5-9(8)18(10)26-12(21)25-6-13(14,15)16/h3-5H,2,6H2,1H3. The maximum absolute atomic E-state index is 12.0. The number of hydrogen-bond acceptors (Lipinski definition) is 8. The Kier molecular flexibility index (Phi) is 6.11. The molecule has 0 amide bonds. The van der Waals surface area contributed by atoms with Gasteiger partial charge in [-0.1, -0.05) is 34.8 Å². The Balaban J connectivity index is 2.43. The highest BCUT2D eigenvalue weighted by atomic mass is 35.6. The fourth-order valence-electron chi connectivity index (χ4n) is 1.81. The summed E-state index contributed by atoms with van der Waals surface area (Å²) in [6, 6.07) is 3.52. The Morgan fingerprint density at radius 2 is 2.00 bits per heavy atom. The number of alkyl halides is 3. The number of non-ortho nitro benzene ring substituents is 1. The number of aromatic nitrogens is 2. The first-order valence-electron chi connectivity index (χ1n) is 6.88. The smallest absolute Gasteiger partial charge is 0.460 e. The van der Waals surface area contributed by atoms with Crippen molar-refractivity contribution in [1.29, 1.82) is 0 Å². The van der Waals surface area contributed by atoms with E-state index in [9.17, 15) is 19.7 Å². The van der Waals surface area contributed by atoms with Crippen molar-refractivity contribution in [3.8, 4) is 0 Å². The Morgan fingerprint density at radius 1 is 1.31 bits per heavy atom. The third-order valence-electron chi connectivity index (χ3n) is 2.78.